The molecule has 0 spiro atoms. The van der Waals surface area contributed by atoms with Crippen molar-refractivity contribution in [2.24, 2.45) is 5.92 Å². The van der Waals surface area contributed by atoms with Crippen LogP contribution in [0.5, 0.6) is 0 Å². The predicted molar refractivity (Wildman–Crippen MR) is 76.7 cm³/mol. The van der Waals surface area contributed by atoms with Gasteiger partial charge in [-0.2, -0.15) is 0 Å². The molecule has 2 heteroatoms. The van der Waals surface area contributed by atoms with Crippen molar-refractivity contribution >= 4 is 0 Å². The van der Waals surface area contributed by atoms with Crippen molar-refractivity contribution < 1.29 is 0 Å². The van der Waals surface area contributed by atoms with Crippen molar-refractivity contribution in [2.45, 2.75) is 58.4 Å². The lowest BCUT2D eigenvalue weighted by Gasteiger charge is -2.30. The summed E-state index contributed by atoms with van der Waals surface area (Å²) in [5, 5.41) is 3.69. The molecule has 1 aliphatic carbocycles. The number of nitrogens with one attached hydrogen (secondary N) is 1. The Hall–Kier alpha value is -0.890. The lowest BCUT2D eigenvalue weighted by atomic mass is 9.80. The summed E-state index contributed by atoms with van der Waals surface area (Å²) in [4.78, 5) is 4.54. The van der Waals surface area contributed by atoms with Gasteiger partial charge in [0.05, 0.1) is 0 Å². The molecule has 18 heavy (non-hydrogen) atoms. The standard InChI is InChI=1S/C16H26N2/c1-3-9-17-16(10-14-5-4-6-14)11-15-8-7-13(2)12-18-15/h7-8,12,14,16-17H,3-6,9-11H2,1-2H3. The zero-order chi connectivity index (χ0) is 12.8. The van der Waals surface area contributed by atoms with Gasteiger partial charge in [0.15, 0.2) is 0 Å². The van der Waals surface area contributed by atoms with Crippen LogP contribution in [0.4, 0.5) is 0 Å². The number of aryl methyl sites for hydroxylation is 1. The fourth-order valence-corrected chi connectivity index (χ4v) is 2.59. The van der Waals surface area contributed by atoms with Crippen molar-refractivity contribution in [3.8, 4) is 0 Å². The van der Waals surface area contributed by atoms with E-state index in [1.165, 1.54) is 43.4 Å². The summed E-state index contributed by atoms with van der Waals surface area (Å²) < 4.78 is 0. The molecule has 0 bridgehead atoms. The first-order chi connectivity index (χ1) is 8.78. The molecule has 2 rings (SSSR count). The van der Waals surface area contributed by atoms with Gasteiger partial charge in [-0.25, -0.2) is 0 Å². The Morgan fingerprint density at radius 2 is 2.22 bits per heavy atom. The molecular weight excluding hydrogens is 220 g/mol. The van der Waals surface area contributed by atoms with Crippen LogP contribution < -0.4 is 5.32 Å². The van der Waals surface area contributed by atoms with Crippen LogP contribution in [-0.2, 0) is 6.42 Å². The maximum Gasteiger partial charge on any atom is 0.0419 e. The highest BCUT2D eigenvalue weighted by atomic mass is 14.9. The number of aromatic nitrogens is 1. The van der Waals surface area contributed by atoms with Gasteiger partial charge < -0.3 is 5.32 Å². The van der Waals surface area contributed by atoms with E-state index in [9.17, 15) is 0 Å². The van der Waals surface area contributed by atoms with E-state index in [4.69, 9.17) is 0 Å². The van der Waals surface area contributed by atoms with Crippen molar-refractivity contribution in [1.82, 2.24) is 10.3 Å². The molecule has 2 nitrogen and oxygen atoms in total. The van der Waals surface area contributed by atoms with Crippen LogP contribution in [0.15, 0.2) is 18.3 Å². The fourth-order valence-electron chi connectivity index (χ4n) is 2.59. The van der Waals surface area contributed by atoms with Gasteiger partial charge in [0, 0.05) is 24.4 Å². The maximum absolute atomic E-state index is 4.54. The minimum atomic E-state index is 0.616. The van der Waals surface area contributed by atoms with E-state index >= 15 is 0 Å². The minimum Gasteiger partial charge on any atom is -0.314 e. The number of hydrogen-bond acceptors (Lipinski definition) is 2. The van der Waals surface area contributed by atoms with Gasteiger partial charge in [-0.05, 0) is 43.9 Å². The van der Waals surface area contributed by atoms with Crippen LogP contribution >= 0.6 is 0 Å². The second-order valence-electron chi connectivity index (χ2n) is 5.71. The number of nitrogens with zero attached hydrogens (tertiary/aromatic N) is 1. The van der Waals surface area contributed by atoms with E-state index in [0.717, 1.165) is 18.9 Å². The first-order valence-corrected chi connectivity index (χ1v) is 7.43. The van der Waals surface area contributed by atoms with Gasteiger partial charge in [0.2, 0.25) is 0 Å². The molecule has 1 saturated carbocycles. The first-order valence-electron chi connectivity index (χ1n) is 7.43. The Bertz CT molecular complexity index is 341. The van der Waals surface area contributed by atoms with Gasteiger partial charge in [-0.3, -0.25) is 4.98 Å². The minimum absolute atomic E-state index is 0.616. The summed E-state index contributed by atoms with van der Waals surface area (Å²) in [5.41, 5.74) is 2.48. The molecule has 1 heterocycles. The van der Waals surface area contributed by atoms with E-state index in [1.807, 2.05) is 6.20 Å². The van der Waals surface area contributed by atoms with Gasteiger partial charge in [0.1, 0.15) is 0 Å². The quantitative estimate of drug-likeness (QED) is 0.796. The number of rotatable bonds is 7. The average molecular weight is 246 g/mol. The molecule has 1 atom stereocenters. The average Bonchev–Trinajstić information content (AvgIpc) is 2.33. The van der Waals surface area contributed by atoms with Crippen LogP contribution in [0.25, 0.3) is 0 Å². The zero-order valence-corrected chi connectivity index (χ0v) is 11.8. The van der Waals surface area contributed by atoms with Crippen LogP contribution in [0, 0.1) is 12.8 Å². The van der Waals surface area contributed by atoms with E-state index < -0.39 is 0 Å². The number of pyridine rings is 1. The van der Waals surface area contributed by atoms with Gasteiger partial charge in [-0.15, -0.1) is 0 Å². The Kier molecular flexibility index (Phi) is 5.18. The Morgan fingerprint density at radius 1 is 1.39 bits per heavy atom. The van der Waals surface area contributed by atoms with Crippen molar-refractivity contribution in [1.29, 1.82) is 0 Å². The summed E-state index contributed by atoms with van der Waals surface area (Å²) in [5.74, 6) is 0.963. The van der Waals surface area contributed by atoms with Crippen molar-refractivity contribution in [3.63, 3.8) is 0 Å². The molecular formula is C16H26N2. The monoisotopic (exact) mass is 246 g/mol. The molecule has 0 radical (unpaired) electrons. The SMILES string of the molecule is CCCNC(Cc1ccc(C)cn1)CC1CCC1. The summed E-state index contributed by atoms with van der Waals surface area (Å²) in [6.07, 6.45) is 9.91. The highest BCUT2D eigenvalue weighted by Gasteiger charge is 2.22. The van der Waals surface area contributed by atoms with Crippen LogP contribution in [-0.4, -0.2) is 17.6 Å². The van der Waals surface area contributed by atoms with E-state index in [2.05, 4.69) is 36.3 Å². The van der Waals surface area contributed by atoms with Gasteiger partial charge >= 0.3 is 0 Å². The smallest absolute Gasteiger partial charge is 0.0419 e. The third-order valence-electron chi connectivity index (χ3n) is 3.95. The molecule has 100 valence electrons. The largest absolute Gasteiger partial charge is 0.314 e. The molecule has 1 unspecified atom stereocenters. The second kappa shape index (κ2) is 6.89. The highest BCUT2D eigenvalue weighted by molar-refractivity contribution is 5.13. The topological polar surface area (TPSA) is 24.9 Å². The third kappa shape index (κ3) is 4.09. The summed E-state index contributed by atoms with van der Waals surface area (Å²) in [7, 11) is 0. The zero-order valence-electron chi connectivity index (χ0n) is 11.8. The molecule has 1 N–H and O–H groups in total. The third-order valence-corrected chi connectivity index (χ3v) is 3.95. The molecule has 0 saturated heterocycles. The normalized spacial score (nSPS) is 17.4. The number of hydrogen-bond donors (Lipinski definition) is 1. The molecule has 0 aliphatic heterocycles. The van der Waals surface area contributed by atoms with Crippen LogP contribution in [0.2, 0.25) is 0 Å². The predicted octanol–water partition coefficient (Wildman–Crippen LogP) is 3.49. The molecule has 1 aromatic rings. The van der Waals surface area contributed by atoms with Gasteiger partial charge in [0.25, 0.3) is 0 Å². The molecule has 0 amide bonds. The van der Waals surface area contributed by atoms with Crippen molar-refractivity contribution in [2.75, 3.05) is 6.54 Å². The summed E-state index contributed by atoms with van der Waals surface area (Å²) in [6, 6.07) is 4.96. The second-order valence-corrected chi connectivity index (χ2v) is 5.71. The van der Waals surface area contributed by atoms with Crippen molar-refractivity contribution in [3.05, 3.63) is 29.6 Å². The van der Waals surface area contributed by atoms with E-state index in [0.29, 0.717) is 6.04 Å². The van der Waals surface area contributed by atoms with Gasteiger partial charge in [-0.1, -0.05) is 32.3 Å². The molecule has 1 aliphatic rings. The van der Waals surface area contributed by atoms with E-state index in [-0.39, 0.29) is 0 Å². The van der Waals surface area contributed by atoms with E-state index in [1.54, 1.807) is 0 Å². The van der Waals surface area contributed by atoms with Crippen LogP contribution in [0.3, 0.4) is 0 Å². The summed E-state index contributed by atoms with van der Waals surface area (Å²) in [6.45, 7) is 5.46. The highest BCUT2D eigenvalue weighted by Crippen LogP contribution is 2.31. The molecule has 0 aromatic carbocycles. The lowest BCUT2D eigenvalue weighted by molar-refractivity contribution is 0.258. The summed E-state index contributed by atoms with van der Waals surface area (Å²) >= 11 is 0. The molecule has 1 aromatic heterocycles. The fraction of sp³-hybridized carbons (Fsp3) is 0.688. The first kappa shape index (κ1) is 13.5. The Morgan fingerprint density at radius 3 is 2.78 bits per heavy atom. The van der Waals surface area contributed by atoms with Crippen LogP contribution in [0.1, 0.15) is 50.3 Å². The molecule has 1 fully saturated rings. The Balaban J connectivity index is 1.88. The maximum atomic E-state index is 4.54. The Labute approximate surface area is 111 Å². The lowest BCUT2D eigenvalue weighted by Crippen LogP contribution is -2.35.